The number of allylic oxidation sites excluding steroid dienone is 1. The van der Waals surface area contributed by atoms with Gasteiger partial charge in [-0.1, -0.05) is 31.1 Å². The lowest BCUT2D eigenvalue weighted by molar-refractivity contribution is 0.209. The number of aromatic nitrogens is 1. The highest BCUT2D eigenvalue weighted by Crippen LogP contribution is 2.30. The molecule has 1 unspecified atom stereocenters. The second-order valence-electron chi connectivity index (χ2n) is 6.04. The number of aryl methyl sites for hydroxylation is 1. The zero-order valence-electron chi connectivity index (χ0n) is 12.7. The van der Waals surface area contributed by atoms with Gasteiger partial charge in [-0.25, -0.2) is 0 Å². The number of hydrogen-bond donors (Lipinski definition) is 1. The molecule has 0 amide bonds. The summed E-state index contributed by atoms with van der Waals surface area (Å²) in [4.78, 5) is 4.52. The van der Waals surface area contributed by atoms with Crippen molar-refractivity contribution in [2.45, 2.75) is 51.6 Å². The second-order valence-corrected chi connectivity index (χ2v) is 6.04. The summed E-state index contributed by atoms with van der Waals surface area (Å²) in [5.74, 6) is 0. The third kappa shape index (κ3) is 3.33. The standard InChI is InChI=1S/C19H23NO/c1-14-9-10-16-13-17(11-12-18(16)20-14)19(21)15-7-5-3-2-4-6-8-15/h7,9-13,19,21H,2-6,8H2,1H3/b15-7+. The van der Waals surface area contributed by atoms with E-state index in [0.29, 0.717) is 0 Å². The van der Waals surface area contributed by atoms with E-state index >= 15 is 0 Å². The lowest BCUT2D eigenvalue weighted by Gasteiger charge is -2.18. The van der Waals surface area contributed by atoms with Crippen LogP contribution in [0.4, 0.5) is 0 Å². The van der Waals surface area contributed by atoms with Crippen LogP contribution in [0.5, 0.6) is 0 Å². The quantitative estimate of drug-likeness (QED) is 0.798. The Bertz CT molecular complexity index is 660. The van der Waals surface area contributed by atoms with Gasteiger partial charge in [0.05, 0.1) is 5.52 Å². The molecular weight excluding hydrogens is 258 g/mol. The minimum absolute atomic E-state index is 0.464. The van der Waals surface area contributed by atoms with Gasteiger partial charge in [0, 0.05) is 11.1 Å². The zero-order chi connectivity index (χ0) is 14.7. The van der Waals surface area contributed by atoms with Crippen LogP contribution < -0.4 is 0 Å². The first-order valence-electron chi connectivity index (χ1n) is 7.98. The van der Waals surface area contributed by atoms with Crippen LogP contribution >= 0.6 is 0 Å². The van der Waals surface area contributed by atoms with Gasteiger partial charge in [0.15, 0.2) is 0 Å². The third-order valence-electron chi connectivity index (χ3n) is 4.35. The Labute approximate surface area is 126 Å². The molecule has 0 spiro atoms. The van der Waals surface area contributed by atoms with Crippen molar-refractivity contribution in [2.75, 3.05) is 0 Å². The molecule has 1 N–H and O–H groups in total. The average Bonchev–Trinajstić information content (AvgIpc) is 2.46. The molecule has 2 aromatic rings. The minimum Gasteiger partial charge on any atom is -0.384 e. The lowest BCUT2D eigenvalue weighted by Crippen LogP contribution is -2.04. The van der Waals surface area contributed by atoms with Crippen LogP contribution in [0.2, 0.25) is 0 Å². The number of aliphatic hydroxyl groups excluding tert-OH is 1. The normalized spacial score (nSPS) is 20.4. The largest absolute Gasteiger partial charge is 0.384 e. The van der Waals surface area contributed by atoms with Crippen molar-refractivity contribution in [3.05, 3.63) is 53.2 Å². The number of benzene rings is 1. The predicted molar refractivity (Wildman–Crippen MR) is 87.2 cm³/mol. The van der Waals surface area contributed by atoms with E-state index in [2.05, 4.69) is 23.2 Å². The van der Waals surface area contributed by atoms with E-state index in [9.17, 15) is 5.11 Å². The molecule has 0 bridgehead atoms. The monoisotopic (exact) mass is 281 g/mol. The van der Waals surface area contributed by atoms with Crippen molar-refractivity contribution in [1.82, 2.24) is 4.98 Å². The summed E-state index contributed by atoms with van der Waals surface area (Å²) < 4.78 is 0. The van der Waals surface area contributed by atoms with E-state index in [1.807, 2.05) is 25.1 Å². The summed E-state index contributed by atoms with van der Waals surface area (Å²) in [5.41, 5.74) is 4.20. The average molecular weight is 281 g/mol. The predicted octanol–water partition coefficient (Wildman–Crippen LogP) is 4.86. The first-order valence-corrected chi connectivity index (χ1v) is 7.98. The lowest BCUT2D eigenvalue weighted by atomic mass is 9.92. The molecule has 0 saturated carbocycles. The van der Waals surface area contributed by atoms with Crippen LogP contribution in [0.25, 0.3) is 10.9 Å². The first-order chi connectivity index (χ1) is 10.2. The number of rotatable bonds is 2. The number of nitrogens with zero attached hydrogens (tertiary/aromatic N) is 1. The van der Waals surface area contributed by atoms with Crippen molar-refractivity contribution in [3.8, 4) is 0 Å². The number of fused-ring (bicyclic) bond motifs is 1. The molecule has 0 fully saturated rings. The molecule has 1 aliphatic rings. The Morgan fingerprint density at radius 2 is 1.90 bits per heavy atom. The second kappa shape index (κ2) is 6.40. The summed E-state index contributed by atoms with van der Waals surface area (Å²) >= 11 is 0. The van der Waals surface area contributed by atoms with E-state index in [-0.39, 0.29) is 0 Å². The molecular formula is C19H23NO. The molecule has 2 heteroatoms. The van der Waals surface area contributed by atoms with Crippen molar-refractivity contribution in [1.29, 1.82) is 0 Å². The number of pyridine rings is 1. The number of hydrogen-bond acceptors (Lipinski definition) is 2. The Balaban J connectivity index is 1.89. The van der Waals surface area contributed by atoms with Gasteiger partial charge in [0.25, 0.3) is 0 Å². The Kier molecular flexibility index (Phi) is 4.35. The molecule has 1 aromatic carbocycles. The number of aliphatic hydroxyl groups is 1. The SMILES string of the molecule is Cc1ccc2cc(C(O)/C3=C/CCCCCC3)ccc2n1. The fraction of sp³-hybridized carbons (Fsp3) is 0.421. The molecule has 1 aromatic heterocycles. The summed E-state index contributed by atoms with van der Waals surface area (Å²) in [6.07, 6.45) is 8.95. The van der Waals surface area contributed by atoms with Crippen LogP contribution in [-0.2, 0) is 0 Å². The van der Waals surface area contributed by atoms with E-state index in [1.54, 1.807) is 0 Å². The highest BCUT2D eigenvalue weighted by atomic mass is 16.3. The van der Waals surface area contributed by atoms with Crippen molar-refractivity contribution in [2.24, 2.45) is 0 Å². The fourth-order valence-corrected chi connectivity index (χ4v) is 3.09. The fourth-order valence-electron chi connectivity index (χ4n) is 3.09. The van der Waals surface area contributed by atoms with Crippen LogP contribution in [0.1, 0.15) is 55.9 Å². The van der Waals surface area contributed by atoms with E-state index in [4.69, 9.17) is 0 Å². The van der Waals surface area contributed by atoms with E-state index < -0.39 is 6.10 Å². The molecule has 0 saturated heterocycles. The highest BCUT2D eigenvalue weighted by Gasteiger charge is 2.14. The van der Waals surface area contributed by atoms with Gasteiger partial charge in [0.1, 0.15) is 6.10 Å². The van der Waals surface area contributed by atoms with E-state index in [1.165, 1.54) is 31.3 Å². The summed E-state index contributed by atoms with van der Waals surface area (Å²) in [7, 11) is 0. The molecule has 0 aliphatic heterocycles. The van der Waals surface area contributed by atoms with Crippen molar-refractivity contribution in [3.63, 3.8) is 0 Å². The highest BCUT2D eigenvalue weighted by molar-refractivity contribution is 5.79. The molecule has 0 radical (unpaired) electrons. The van der Waals surface area contributed by atoms with Gasteiger partial charge in [-0.15, -0.1) is 0 Å². The van der Waals surface area contributed by atoms with Crippen LogP contribution in [0.3, 0.4) is 0 Å². The molecule has 1 atom stereocenters. The van der Waals surface area contributed by atoms with Crippen LogP contribution in [0.15, 0.2) is 42.0 Å². The van der Waals surface area contributed by atoms with E-state index in [0.717, 1.165) is 35.0 Å². The molecule has 3 rings (SSSR count). The molecule has 1 heterocycles. The van der Waals surface area contributed by atoms with Gasteiger partial charge in [-0.05, 0) is 61.9 Å². The van der Waals surface area contributed by atoms with Gasteiger partial charge in [0.2, 0.25) is 0 Å². The summed E-state index contributed by atoms with van der Waals surface area (Å²) in [6.45, 7) is 2.00. The van der Waals surface area contributed by atoms with Gasteiger partial charge in [-0.2, -0.15) is 0 Å². The maximum Gasteiger partial charge on any atom is 0.100 e. The smallest absolute Gasteiger partial charge is 0.100 e. The maximum atomic E-state index is 10.7. The van der Waals surface area contributed by atoms with Crippen molar-refractivity contribution >= 4 is 10.9 Å². The minimum atomic E-state index is -0.464. The summed E-state index contributed by atoms with van der Waals surface area (Å²) in [6, 6.07) is 10.2. The van der Waals surface area contributed by atoms with Gasteiger partial charge < -0.3 is 5.11 Å². The molecule has 2 nitrogen and oxygen atoms in total. The maximum absolute atomic E-state index is 10.7. The Morgan fingerprint density at radius 1 is 1.05 bits per heavy atom. The van der Waals surface area contributed by atoms with Gasteiger partial charge >= 0.3 is 0 Å². The molecule has 110 valence electrons. The van der Waals surface area contributed by atoms with Crippen LogP contribution in [0, 0.1) is 6.92 Å². The molecule has 21 heavy (non-hydrogen) atoms. The Morgan fingerprint density at radius 3 is 2.81 bits per heavy atom. The van der Waals surface area contributed by atoms with Crippen LogP contribution in [-0.4, -0.2) is 10.1 Å². The Hall–Kier alpha value is -1.67. The summed E-state index contributed by atoms with van der Waals surface area (Å²) in [5, 5.41) is 11.8. The third-order valence-corrected chi connectivity index (χ3v) is 4.35. The van der Waals surface area contributed by atoms with Crippen molar-refractivity contribution < 1.29 is 5.11 Å². The topological polar surface area (TPSA) is 33.1 Å². The zero-order valence-corrected chi connectivity index (χ0v) is 12.7. The first kappa shape index (κ1) is 14.3. The van der Waals surface area contributed by atoms with Gasteiger partial charge in [-0.3, -0.25) is 4.98 Å². The molecule has 1 aliphatic carbocycles.